The van der Waals surface area contributed by atoms with E-state index in [1.54, 1.807) is 103 Å². The lowest BCUT2D eigenvalue weighted by atomic mass is 10.2. The van der Waals surface area contributed by atoms with Crippen LogP contribution >= 0.6 is 15.9 Å². The first-order valence-electron chi connectivity index (χ1n) is 20.5. The molecule has 6 amide bonds. The van der Waals surface area contributed by atoms with Crippen LogP contribution < -0.4 is 51.8 Å². The number of ether oxygens (including phenoxy) is 2. The molecule has 7 rings (SSSR count). The summed E-state index contributed by atoms with van der Waals surface area (Å²) in [6.45, 7) is 0. The van der Waals surface area contributed by atoms with E-state index in [4.69, 9.17) is 15.2 Å². The summed E-state index contributed by atoms with van der Waals surface area (Å²) in [6, 6.07) is 38.8. The number of sulfonamides is 1. The number of amides is 6. The summed E-state index contributed by atoms with van der Waals surface area (Å²) in [5.41, 5.74) is 6.95. The van der Waals surface area contributed by atoms with Crippen molar-refractivity contribution in [1.82, 2.24) is 0 Å². The molecule has 0 saturated heterocycles. The van der Waals surface area contributed by atoms with Crippen molar-refractivity contribution in [3.8, 4) is 23.0 Å². The van der Waals surface area contributed by atoms with Crippen LogP contribution in [0.4, 0.5) is 71.3 Å². The van der Waals surface area contributed by atoms with Gasteiger partial charge in [-0.15, -0.1) is 0 Å². The molecular formula is C47H43BrN10O13S. The fraction of sp³-hybridized carbons (Fsp3) is 0.0426. The Bertz CT molecular complexity index is 3200. The van der Waals surface area contributed by atoms with E-state index < -0.39 is 60.8 Å². The lowest BCUT2D eigenvalue weighted by Crippen LogP contribution is -2.21. The molecule has 0 aliphatic carbocycles. The number of nitrogen functional groups attached to an aromatic ring is 1. The molecule has 23 nitrogen and oxygen atoms in total. The van der Waals surface area contributed by atoms with E-state index >= 15 is 0 Å². The molecule has 0 aromatic heterocycles. The number of nitrogens with two attached hydrogens (primary N) is 1. The zero-order valence-electron chi connectivity index (χ0n) is 37.7. The number of para-hydroxylation sites is 7. The van der Waals surface area contributed by atoms with Crippen LogP contribution in [0.1, 0.15) is 0 Å². The van der Waals surface area contributed by atoms with Crippen LogP contribution in [0, 0.1) is 20.2 Å². The molecular weight excluding hydrogens is 1020 g/mol. The summed E-state index contributed by atoms with van der Waals surface area (Å²) in [5, 5.41) is 56.1. The predicted octanol–water partition coefficient (Wildman–Crippen LogP) is 10.4. The quantitative estimate of drug-likeness (QED) is 0.0222. The number of aromatic hydroxyl groups is 2. The van der Waals surface area contributed by atoms with E-state index in [-0.39, 0.29) is 22.0 Å². The lowest BCUT2D eigenvalue weighted by Gasteiger charge is -2.14. The summed E-state index contributed by atoms with van der Waals surface area (Å²) in [7, 11) is -0.878. The van der Waals surface area contributed by atoms with Gasteiger partial charge in [0.05, 0.1) is 63.1 Å². The molecule has 0 fully saturated rings. The SMILES string of the molecule is COc1ccc(NC(=O)Nc2cccc([N+](=O)[O-])c2O)cc1.COc1ccccc1NC(=O)Nc1cccc([N+](=O)[O-])c1O.Nc1cccc(S(=O)(=O)Nc2ccccc2NC(=O)Nc2ccccc2Br)c1. The molecule has 25 heteroatoms. The molecule has 0 spiro atoms. The highest BCUT2D eigenvalue weighted by Gasteiger charge is 2.20. The number of hydrogen-bond acceptors (Lipinski definition) is 14. The van der Waals surface area contributed by atoms with E-state index in [1.165, 1.54) is 50.6 Å². The predicted molar refractivity (Wildman–Crippen MR) is 276 cm³/mol. The van der Waals surface area contributed by atoms with Gasteiger partial charge in [0.25, 0.3) is 10.0 Å². The van der Waals surface area contributed by atoms with Gasteiger partial charge in [-0.25, -0.2) is 22.8 Å². The number of halogens is 1. The van der Waals surface area contributed by atoms with Crippen LogP contribution in [0.3, 0.4) is 0 Å². The van der Waals surface area contributed by atoms with Crippen LogP contribution in [0.15, 0.2) is 167 Å². The first-order chi connectivity index (χ1) is 34.4. The van der Waals surface area contributed by atoms with Gasteiger partial charge in [0.1, 0.15) is 11.5 Å². The number of benzene rings is 7. The Morgan fingerprint density at radius 2 is 0.986 bits per heavy atom. The van der Waals surface area contributed by atoms with Crippen molar-refractivity contribution < 1.29 is 52.3 Å². The highest BCUT2D eigenvalue weighted by molar-refractivity contribution is 9.10. The fourth-order valence-corrected chi connectivity index (χ4v) is 7.47. The highest BCUT2D eigenvalue weighted by Crippen LogP contribution is 2.35. The molecule has 0 aliphatic heterocycles. The molecule has 0 radical (unpaired) electrons. The molecule has 0 heterocycles. The fourth-order valence-electron chi connectivity index (χ4n) is 5.95. The van der Waals surface area contributed by atoms with Gasteiger partial charge in [0, 0.05) is 28.0 Å². The van der Waals surface area contributed by atoms with Crippen molar-refractivity contribution in [2.24, 2.45) is 0 Å². The van der Waals surface area contributed by atoms with Crippen molar-refractivity contribution in [2.45, 2.75) is 4.90 Å². The second kappa shape index (κ2) is 25.1. The topological polar surface area (TPSA) is 341 Å². The van der Waals surface area contributed by atoms with Gasteiger partial charge in [-0.2, -0.15) is 0 Å². The molecule has 372 valence electrons. The maximum atomic E-state index is 12.6. The van der Waals surface area contributed by atoms with Crippen molar-refractivity contribution >= 4 is 101 Å². The Labute approximate surface area is 418 Å². The number of phenols is 2. The average molecular weight is 1070 g/mol. The number of nitrogens with zero attached hydrogens (tertiary/aromatic N) is 2. The first-order valence-corrected chi connectivity index (χ1v) is 22.8. The van der Waals surface area contributed by atoms with E-state index in [0.717, 1.165) is 16.6 Å². The number of nitro groups is 2. The molecule has 72 heavy (non-hydrogen) atoms. The number of methoxy groups -OCH3 is 2. The van der Waals surface area contributed by atoms with Gasteiger partial charge in [-0.3, -0.25) is 25.0 Å². The second-order valence-electron chi connectivity index (χ2n) is 14.2. The number of nitro benzene ring substituents is 2. The summed E-state index contributed by atoms with van der Waals surface area (Å²) in [6.07, 6.45) is 0. The van der Waals surface area contributed by atoms with E-state index in [1.807, 2.05) is 6.07 Å². The Hall–Kier alpha value is -9.62. The average Bonchev–Trinajstić information content (AvgIpc) is 3.34. The minimum Gasteiger partial charge on any atom is -0.501 e. The Morgan fingerprint density at radius 3 is 1.51 bits per heavy atom. The van der Waals surface area contributed by atoms with E-state index in [9.17, 15) is 53.2 Å². The number of carbonyl (C=O) groups is 3. The van der Waals surface area contributed by atoms with Crippen molar-refractivity contribution in [1.29, 1.82) is 0 Å². The first kappa shape index (κ1) is 53.3. The largest absolute Gasteiger partial charge is 0.501 e. The van der Waals surface area contributed by atoms with Gasteiger partial charge in [-0.1, -0.05) is 54.6 Å². The van der Waals surface area contributed by atoms with Crippen LogP contribution in [0.2, 0.25) is 0 Å². The maximum absolute atomic E-state index is 12.6. The Kier molecular flexibility index (Phi) is 18.6. The zero-order valence-corrected chi connectivity index (χ0v) is 40.1. The standard InChI is InChI=1S/C19H17BrN4O3S.2C14H13N3O5/c20-15-8-1-2-9-16(15)22-19(25)23-17-10-3-4-11-18(17)24-28(26,27)14-7-5-6-13(21)12-14;1-22-12-8-3-2-5-9(12)15-14(19)16-10-6-4-7-11(13(10)18)17(20)21;1-22-10-7-5-9(6-8-10)15-14(19)16-11-3-2-4-12(13(11)18)17(20)21/h1-12,24H,21H2,(H2,22,23,25);2*2-8,18H,1H3,(H2,15,16,19). The molecule has 0 atom stereocenters. The second-order valence-corrected chi connectivity index (χ2v) is 16.8. The smallest absolute Gasteiger partial charge is 0.323 e. The molecule has 0 unspecified atom stereocenters. The third kappa shape index (κ3) is 15.2. The van der Waals surface area contributed by atoms with E-state index in [2.05, 4.69) is 52.6 Å². The van der Waals surface area contributed by atoms with Crippen molar-refractivity contribution in [2.75, 3.05) is 56.6 Å². The minimum absolute atomic E-state index is 0.0278. The molecule has 11 N–H and O–H groups in total. The van der Waals surface area contributed by atoms with Crippen molar-refractivity contribution in [3.63, 3.8) is 0 Å². The number of nitrogens with one attached hydrogen (secondary N) is 7. The number of anilines is 8. The van der Waals surface area contributed by atoms with Crippen LogP contribution in [-0.2, 0) is 10.0 Å². The summed E-state index contributed by atoms with van der Waals surface area (Å²) in [5.74, 6) is -0.108. The molecule has 0 aliphatic rings. The van der Waals surface area contributed by atoms with Gasteiger partial charge in [0.15, 0.2) is 0 Å². The molecule has 7 aromatic rings. The maximum Gasteiger partial charge on any atom is 0.323 e. The van der Waals surface area contributed by atoms with Gasteiger partial charge < -0.3 is 57.3 Å². The highest BCUT2D eigenvalue weighted by atomic mass is 79.9. The number of urea groups is 3. The molecule has 7 aromatic carbocycles. The lowest BCUT2D eigenvalue weighted by molar-refractivity contribution is -0.385. The monoisotopic (exact) mass is 1070 g/mol. The summed E-state index contributed by atoms with van der Waals surface area (Å²) < 4.78 is 38.5. The van der Waals surface area contributed by atoms with Crippen molar-refractivity contribution in [3.05, 3.63) is 182 Å². The van der Waals surface area contributed by atoms with Crippen LogP contribution in [-0.4, -0.2) is 60.8 Å². The van der Waals surface area contributed by atoms with Crippen LogP contribution in [0.25, 0.3) is 0 Å². The Balaban J connectivity index is 0.000000203. The number of carbonyl (C=O) groups excluding carboxylic acids is 3. The zero-order chi connectivity index (χ0) is 52.4. The summed E-state index contributed by atoms with van der Waals surface area (Å²) >= 11 is 3.35. The van der Waals surface area contributed by atoms with Gasteiger partial charge in [0.2, 0.25) is 11.5 Å². The number of phenolic OH excluding ortho intramolecular Hbond substituents is 2. The third-order valence-corrected chi connectivity index (χ3v) is 11.4. The Morgan fingerprint density at radius 1 is 0.542 bits per heavy atom. The normalized spacial score (nSPS) is 10.3. The van der Waals surface area contributed by atoms with E-state index in [0.29, 0.717) is 39.9 Å². The summed E-state index contributed by atoms with van der Waals surface area (Å²) in [4.78, 5) is 56.1. The third-order valence-electron chi connectivity index (χ3n) is 9.33. The molecule has 0 bridgehead atoms. The van der Waals surface area contributed by atoms with Crippen LogP contribution in [0.5, 0.6) is 23.0 Å². The minimum atomic E-state index is -3.87. The van der Waals surface area contributed by atoms with Gasteiger partial charge in [-0.05, 0) is 107 Å². The van der Waals surface area contributed by atoms with Gasteiger partial charge >= 0.3 is 29.5 Å². The number of rotatable bonds is 13. The number of hydrogen-bond donors (Lipinski definition) is 10. The molecule has 0 saturated carbocycles.